The van der Waals surface area contributed by atoms with Crippen molar-refractivity contribution in [2.75, 3.05) is 6.54 Å². The van der Waals surface area contributed by atoms with Crippen LogP contribution in [0.2, 0.25) is 10.0 Å². The normalized spacial score (nSPS) is 12.9. The van der Waals surface area contributed by atoms with Crippen LogP contribution >= 0.6 is 23.2 Å². The Morgan fingerprint density at radius 3 is 2.19 bits per heavy atom. The highest BCUT2D eigenvalue weighted by atomic mass is 35.5. The second kappa shape index (κ2) is 4.47. The lowest BCUT2D eigenvalue weighted by Crippen LogP contribution is -2.40. The number of rotatable bonds is 3. The highest BCUT2D eigenvalue weighted by Gasteiger charge is 2.47. The van der Waals surface area contributed by atoms with Crippen LogP contribution < -0.4 is 5.73 Å². The molecule has 0 aliphatic carbocycles. The van der Waals surface area contributed by atoms with E-state index in [-0.39, 0.29) is 22.2 Å². The summed E-state index contributed by atoms with van der Waals surface area (Å²) in [6.07, 6.45) is 0. The van der Waals surface area contributed by atoms with Crippen LogP contribution in [0.3, 0.4) is 0 Å². The van der Waals surface area contributed by atoms with Crippen LogP contribution in [0.4, 0.5) is 8.78 Å². The van der Waals surface area contributed by atoms with Crippen LogP contribution in [0.25, 0.3) is 0 Å². The largest absolute Gasteiger partial charge is 0.330 e. The van der Waals surface area contributed by atoms with E-state index in [0.717, 1.165) is 0 Å². The third-order valence-corrected chi connectivity index (χ3v) is 3.38. The molecule has 0 saturated heterocycles. The number of nitrogens with two attached hydrogens (primary N) is 1. The van der Waals surface area contributed by atoms with E-state index in [1.54, 1.807) is 0 Å². The van der Waals surface area contributed by atoms with E-state index in [1.165, 1.54) is 32.0 Å². The zero-order valence-electron chi connectivity index (χ0n) is 9.03. The molecule has 0 radical (unpaired) electrons. The van der Waals surface area contributed by atoms with Crippen LogP contribution in [0.5, 0.6) is 0 Å². The van der Waals surface area contributed by atoms with Gasteiger partial charge in [-0.05, 0) is 12.1 Å². The molecule has 0 fully saturated rings. The molecule has 0 spiro atoms. The molecule has 0 amide bonds. The summed E-state index contributed by atoms with van der Waals surface area (Å²) in [5, 5.41) is 0.374. The van der Waals surface area contributed by atoms with Gasteiger partial charge >= 0.3 is 0 Å². The zero-order chi connectivity index (χ0) is 12.6. The first-order valence-corrected chi connectivity index (χ1v) is 5.51. The van der Waals surface area contributed by atoms with Gasteiger partial charge in [-0.1, -0.05) is 43.1 Å². The summed E-state index contributed by atoms with van der Waals surface area (Å²) in [6, 6.07) is 3.81. The lowest BCUT2D eigenvalue weighted by Gasteiger charge is -2.33. The summed E-state index contributed by atoms with van der Waals surface area (Å²) in [7, 11) is 0. The summed E-state index contributed by atoms with van der Waals surface area (Å²) < 4.78 is 28.1. The average Bonchev–Trinajstić information content (AvgIpc) is 2.21. The molecule has 1 rings (SSSR count). The summed E-state index contributed by atoms with van der Waals surface area (Å²) in [5.41, 5.74) is 3.86. The fourth-order valence-electron chi connectivity index (χ4n) is 1.21. The molecule has 0 aliphatic heterocycles. The molecule has 90 valence electrons. The first-order valence-electron chi connectivity index (χ1n) is 4.76. The molecule has 5 heteroatoms. The number of hydrogen-bond acceptors (Lipinski definition) is 1. The van der Waals surface area contributed by atoms with Crippen LogP contribution in [0, 0.1) is 5.41 Å². The first-order chi connectivity index (χ1) is 7.22. The van der Waals surface area contributed by atoms with Gasteiger partial charge in [0.25, 0.3) is 5.92 Å². The van der Waals surface area contributed by atoms with Crippen molar-refractivity contribution in [2.45, 2.75) is 19.8 Å². The SMILES string of the molecule is CC(C)(CN)C(F)(F)c1ccc(Cl)c(Cl)c1. The van der Waals surface area contributed by atoms with E-state index in [4.69, 9.17) is 28.9 Å². The number of benzene rings is 1. The summed E-state index contributed by atoms with van der Waals surface area (Å²) in [4.78, 5) is 0. The Hall–Kier alpha value is -0.380. The standard InChI is InChI=1S/C11H13Cl2F2N/c1-10(2,6-16)11(14,15)7-3-4-8(12)9(13)5-7/h3-5H,6,16H2,1-2H3. The van der Waals surface area contributed by atoms with Crippen molar-refractivity contribution < 1.29 is 8.78 Å². The fourth-order valence-corrected chi connectivity index (χ4v) is 1.51. The van der Waals surface area contributed by atoms with Gasteiger partial charge in [0, 0.05) is 17.5 Å². The van der Waals surface area contributed by atoms with Crippen LogP contribution in [0.1, 0.15) is 19.4 Å². The Labute approximate surface area is 104 Å². The Bertz CT molecular complexity index is 392. The number of alkyl halides is 2. The molecule has 0 saturated carbocycles. The molecular formula is C11H13Cl2F2N. The number of halogens is 4. The third-order valence-electron chi connectivity index (χ3n) is 2.64. The van der Waals surface area contributed by atoms with Gasteiger partial charge in [0.15, 0.2) is 0 Å². The molecular weight excluding hydrogens is 255 g/mol. The maximum atomic E-state index is 14.1. The van der Waals surface area contributed by atoms with Gasteiger partial charge in [-0.25, -0.2) is 8.78 Å². The monoisotopic (exact) mass is 267 g/mol. The molecule has 2 N–H and O–H groups in total. The van der Waals surface area contributed by atoms with E-state index < -0.39 is 11.3 Å². The second-order valence-corrected chi connectivity index (χ2v) is 5.11. The lowest BCUT2D eigenvalue weighted by molar-refractivity contribution is -0.108. The molecule has 0 bridgehead atoms. The molecule has 1 aromatic carbocycles. The fraction of sp³-hybridized carbons (Fsp3) is 0.455. The van der Waals surface area contributed by atoms with Gasteiger partial charge in [0.2, 0.25) is 0 Å². The summed E-state index contributed by atoms with van der Waals surface area (Å²) in [6.45, 7) is 2.70. The molecule has 0 aromatic heterocycles. The Morgan fingerprint density at radius 1 is 1.19 bits per heavy atom. The predicted molar refractivity (Wildman–Crippen MR) is 63.2 cm³/mol. The molecule has 0 unspecified atom stereocenters. The van der Waals surface area contributed by atoms with E-state index in [1.807, 2.05) is 0 Å². The summed E-state index contributed by atoms with van der Waals surface area (Å²) >= 11 is 11.4. The minimum atomic E-state index is -3.05. The number of hydrogen-bond donors (Lipinski definition) is 1. The van der Waals surface area contributed by atoms with E-state index in [0.29, 0.717) is 0 Å². The van der Waals surface area contributed by atoms with Gasteiger partial charge < -0.3 is 5.73 Å². The summed E-state index contributed by atoms with van der Waals surface area (Å²) in [5.74, 6) is -3.05. The van der Waals surface area contributed by atoms with Gasteiger partial charge in [-0.3, -0.25) is 0 Å². The molecule has 16 heavy (non-hydrogen) atoms. The highest BCUT2D eigenvalue weighted by Crippen LogP contribution is 2.45. The van der Waals surface area contributed by atoms with Crippen LogP contribution in [-0.2, 0) is 5.92 Å². The average molecular weight is 268 g/mol. The molecule has 0 atom stereocenters. The quantitative estimate of drug-likeness (QED) is 0.878. The molecule has 0 aliphatic rings. The topological polar surface area (TPSA) is 26.0 Å². The van der Waals surface area contributed by atoms with Crippen molar-refractivity contribution in [3.05, 3.63) is 33.8 Å². The van der Waals surface area contributed by atoms with Gasteiger partial charge in [0.1, 0.15) is 0 Å². The van der Waals surface area contributed by atoms with Crippen molar-refractivity contribution in [1.82, 2.24) is 0 Å². The van der Waals surface area contributed by atoms with Crippen LogP contribution in [0.15, 0.2) is 18.2 Å². The Morgan fingerprint density at radius 2 is 1.75 bits per heavy atom. The van der Waals surface area contributed by atoms with Crippen molar-refractivity contribution >= 4 is 23.2 Å². The van der Waals surface area contributed by atoms with Gasteiger partial charge in [0.05, 0.1) is 10.0 Å². The third kappa shape index (κ3) is 2.31. The van der Waals surface area contributed by atoms with Crippen molar-refractivity contribution in [2.24, 2.45) is 11.1 Å². The Kier molecular flexibility index (Phi) is 3.83. The molecule has 1 nitrogen and oxygen atoms in total. The van der Waals surface area contributed by atoms with Crippen molar-refractivity contribution in [3.63, 3.8) is 0 Å². The maximum Gasteiger partial charge on any atom is 0.279 e. The van der Waals surface area contributed by atoms with Crippen molar-refractivity contribution in [3.8, 4) is 0 Å². The highest BCUT2D eigenvalue weighted by molar-refractivity contribution is 6.42. The van der Waals surface area contributed by atoms with E-state index >= 15 is 0 Å². The zero-order valence-corrected chi connectivity index (χ0v) is 10.5. The van der Waals surface area contributed by atoms with Gasteiger partial charge in [-0.2, -0.15) is 0 Å². The maximum absolute atomic E-state index is 14.1. The minimum absolute atomic E-state index is 0.117. The van der Waals surface area contributed by atoms with Crippen molar-refractivity contribution in [1.29, 1.82) is 0 Å². The molecule has 0 heterocycles. The predicted octanol–water partition coefficient (Wildman–Crippen LogP) is 4.07. The van der Waals surface area contributed by atoms with E-state index in [2.05, 4.69) is 0 Å². The lowest BCUT2D eigenvalue weighted by atomic mass is 9.82. The van der Waals surface area contributed by atoms with E-state index in [9.17, 15) is 8.78 Å². The van der Waals surface area contributed by atoms with Gasteiger partial charge in [-0.15, -0.1) is 0 Å². The van der Waals surface area contributed by atoms with Crippen LogP contribution in [-0.4, -0.2) is 6.54 Å². The first kappa shape index (κ1) is 13.7. The second-order valence-electron chi connectivity index (χ2n) is 4.29. The molecule has 1 aromatic rings. The smallest absolute Gasteiger partial charge is 0.279 e. The Balaban J connectivity index is 3.22. The minimum Gasteiger partial charge on any atom is -0.330 e.